The first-order valence-corrected chi connectivity index (χ1v) is 8.60. The monoisotopic (exact) mass is 346 g/mol. The SMILES string of the molecule is Cc1ccc2c(c1)[nH]c1cc(CC(=O)NCc3cccc(F)c3)ccc12. The lowest BCUT2D eigenvalue weighted by Crippen LogP contribution is -2.24. The number of rotatable bonds is 4. The summed E-state index contributed by atoms with van der Waals surface area (Å²) in [6.45, 7) is 2.39. The quantitative estimate of drug-likeness (QED) is 0.556. The molecule has 26 heavy (non-hydrogen) atoms. The van der Waals surface area contributed by atoms with Gasteiger partial charge in [-0.1, -0.05) is 36.4 Å². The van der Waals surface area contributed by atoms with Crippen LogP contribution in [0.4, 0.5) is 4.39 Å². The number of aromatic nitrogens is 1. The molecule has 4 aromatic rings. The Morgan fingerprint density at radius 2 is 1.73 bits per heavy atom. The van der Waals surface area contributed by atoms with Gasteiger partial charge in [-0.3, -0.25) is 4.79 Å². The number of amides is 1. The minimum Gasteiger partial charge on any atom is -0.354 e. The third-order valence-corrected chi connectivity index (χ3v) is 4.56. The summed E-state index contributed by atoms with van der Waals surface area (Å²) in [5.74, 6) is -0.378. The van der Waals surface area contributed by atoms with E-state index in [-0.39, 0.29) is 11.7 Å². The molecule has 3 nitrogen and oxygen atoms in total. The number of carbonyl (C=O) groups excluding carboxylic acids is 1. The summed E-state index contributed by atoms with van der Waals surface area (Å²) in [4.78, 5) is 15.6. The Morgan fingerprint density at radius 1 is 0.962 bits per heavy atom. The standard InChI is InChI=1S/C22H19FN2O/c1-14-5-7-18-19-8-6-15(11-21(19)25-20(18)9-14)12-22(26)24-13-16-3-2-4-17(23)10-16/h2-11,25H,12-13H2,1H3,(H,24,26). The molecule has 4 heteroatoms. The molecule has 1 aromatic heterocycles. The maximum Gasteiger partial charge on any atom is 0.224 e. The average Bonchev–Trinajstić information content (AvgIpc) is 2.96. The van der Waals surface area contributed by atoms with Crippen molar-refractivity contribution in [2.24, 2.45) is 0 Å². The first kappa shape index (κ1) is 16.3. The van der Waals surface area contributed by atoms with Gasteiger partial charge in [0.15, 0.2) is 0 Å². The van der Waals surface area contributed by atoms with Gasteiger partial charge in [0.05, 0.1) is 6.42 Å². The molecule has 0 saturated carbocycles. The summed E-state index contributed by atoms with van der Waals surface area (Å²) in [7, 11) is 0. The van der Waals surface area contributed by atoms with E-state index in [1.54, 1.807) is 12.1 Å². The number of aromatic amines is 1. The van der Waals surface area contributed by atoms with Gasteiger partial charge in [-0.2, -0.15) is 0 Å². The molecular weight excluding hydrogens is 327 g/mol. The van der Waals surface area contributed by atoms with Crippen LogP contribution in [0.25, 0.3) is 21.8 Å². The number of hydrogen-bond acceptors (Lipinski definition) is 1. The summed E-state index contributed by atoms with van der Waals surface area (Å²) in [6.07, 6.45) is 0.291. The Bertz CT molecular complexity index is 1110. The van der Waals surface area contributed by atoms with Crippen LogP contribution in [-0.2, 0) is 17.8 Å². The molecule has 0 saturated heterocycles. The van der Waals surface area contributed by atoms with Gasteiger partial charge in [0.25, 0.3) is 0 Å². The van der Waals surface area contributed by atoms with Crippen molar-refractivity contribution in [3.63, 3.8) is 0 Å². The van der Waals surface area contributed by atoms with Crippen LogP contribution < -0.4 is 5.32 Å². The first-order valence-electron chi connectivity index (χ1n) is 8.60. The average molecular weight is 346 g/mol. The number of nitrogens with one attached hydrogen (secondary N) is 2. The van der Waals surface area contributed by atoms with Gasteiger partial charge < -0.3 is 10.3 Å². The molecule has 0 aliphatic heterocycles. The summed E-state index contributed by atoms with van der Waals surface area (Å²) in [5.41, 5.74) is 5.03. The Kier molecular flexibility index (Phi) is 4.17. The molecular formula is C22H19FN2O. The number of carbonyl (C=O) groups is 1. The van der Waals surface area contributed by atoms with Crippen LogP contribution in [0.1, 0.15) is 16.7 Å². The lowest BCUT2D eigenvalue weighted by molar-refractivity contribution is -0.120. The molecule has 0 aliphatic rings. The molecule has 0 aliphatic carbocycles. The highest BCUT2D eigenvalue weighted by atomic mass is 19.1. The Labute approximate surface area is 150 Å². The van der Waals surface area contributed by atoms with Crippen molar-refractivity contribution in [2.75, 3.05) is 0 Å². The summed E-state index contributed by atoms with van der Waals surface area (Å²) in [6, 6.07) is 18.7. The topological polar surface area (TPSA) is 44.9 Å². The number of H-pyrrole nitrogens is 1. The number of aryl methyl sites for hydroxylation is 1. The van der Waals surface area contributed by atoms with Gasteiger partial charge in [0, 0.05) is 28.4 Å². The Balaban J connectivity index is 1.49. The van der Waals surface area contributed by atoms with E-state index in [1.807, 2.05) is 12.1 Å². The Hall–Kier alpha value is -3.14. The second kappa shape index (κ2) is 6.64. The van der Waals surface area contributed by atoms with Gasteiger partial charge in [-0.25, -0.2) is 4.39 Å². The van der Waals surface area contributed by atoms with Crippen LogP contribution in [0, 0.1) is 12.7 Å². The zero-order chi connectivity index (χ0) is 18.1. The predicted molar refractivity (Wildman–Crippen MR) is 102 cm³/mol. The number of fused-ring (bicyclic) bond motifs is 3. The van der Waals surface area contributed by atoms with Gasteiger partial charge in [-0.05, 0) is 47.9 Å². The zero-order valence-electron chi connectivity index (χ0n) is 14.5. The number of benzene rings is 3. The van der Waals surface area contributed by atoms with Crippen molar-refractivity contribution in [2.45, 2.75) is 19.9 Å². The van der Waals surface area contributed by atoms with Crippen molar-refractivity contribution in [1.82, 2.24) is 10.3 Å². The van der Waals surface area contributed by atoms with Crippen LogP contribution in [0.15, 0.2) is 60.7 Å². The number of halogens is 1. The molecule has 130 valence electrons. The van der Waals surface area contributed by atoms with Crippen molar-refractivity contribution in [3.8, 4) is 0 Å². The minimum absolute atomic E-state index is 0.0828. The van der Waals surface area contributed by atoms with E-state index in [1.165, 1.54) is 23.1 Å². The largest absolute Gasteiger partial charge is 0.354 e. The van der Waals surface area contributed by atoms with Gasteiger partial charge in [-0.15, -0.1) is 0 Å². The fourth-order valence-electron chi connectivity index (χ4n) is 3.28. The van der Waals surface area contributed by atoms with Crippen LogP contribution in [0.3, 0.4) is 0 Å². The highest BCUT2D eigenvalue weighted by Crippen LogP contribution is 2.27. The minimum atomic E-state index is -0.295. The molecule has 0 fully saturated rings. The molecule has 0 bridgehead atoms. The highest BCUT2D eigenvalue weighted by molar-refractivity contribution is 6.07. The lowest BCUT2D eigenvalue weighted by Gasteiger charge is -2.06. The third-order valence-electron chi connectivity index (χ3n) is 4.56. The van der Waals surface area contributed by atoms with E-state index < -0.39 is 0 Å². The highest BCUT2D eigenvalue weighted by Gasteiger charge is 2.08. The van der Waals surface area contributed by atoms with Gasteiger partial charge in [0.1, 0.15) is 5.82 Å². The van der Waals surface area contributed by atoms with Crippen LogP contribution >= 0.6 is 0 Å². The van der Waals surface area contributed by atoms with E-state index in [9.17, 15) is 9.18 Å². The maximum absolute atomic E-state index is 13.2. The van der Waals surface area contributed by atoms with Gasteiger partial charge >= 0.3 is 0 Å². The van der Waals surface area contributed by atoms with E-state index >= 15 is 0 Å². The molecule has 3 aromatic carbocycles. The van der Waals surface area contributed by atoms with E-state index in [0.717, 1.165) is 27.5 Å². The van der Waals surface area contributed by atoms with Crippen LogP contribution in [-0.4, -0.2) is 10.9 Å². The first-order chi connectivity index (χ1) is 12.6. The molecule has 2 N–H and O–H groups in total. The summed E-state index contributed by atoms with van der Waals surface area (Å²) in [5, 5.41) is 5.19. The summed E-state index contributed by atoms with van der Waals surface area (Å²) < 4.78 is 13.2. The van der Waals surface area contributed by atoms with Crippen LogP contribution in [0.2, 0.25) is 0 Å². The molecule has 0 spiro atoms. The van der Waals surface area contributed by atoms with Crippen molar-refractivity contribution in [3.05, 3.63) is 83.2 Å². The smallest absolute Gasteiger partial charge is 0.224 e. The van der Waals surface area contributed by atoms with Crippen molar-refractivity contribution in [1.29, 1.82) is 0 Å². The fourth-order valence-corrected chi connectivity index (χ4v) is 3.28. The lowest BCUT2D eigenvalue weighted by atomic mass is 10.1. The van der Waals surface area contributed by atoms with Crippen molar-refractivity contribution < 1.29 is 9.18 Å². The molecule has 1 amide bonds. The second-order valence-electron chi connectivity index (χ2n) is 6.64. The Morgan fingerprint density at radius 3 is 2.54 bits per heavy atom. The fraction of sp³-hybridized carbons (Fsp3) is 0.136. The van der Waals surface area contributed by atoms with E-state index in [0.29, 0.717) is 13.0 Å². The summed E-state index contributed by atoms with van der Waals surface area (Å²) >= 11 is 0. The molecule has 0 unspecified atom stereocenters. The molecule has 4 rings (SSSR count). The molecule has 0 atom stereocenters. The third kappa shape index (κ3) is 3.31. The molecule has 0 radical (unpaired) electrons. The second-order valence-corrected chi connectivity index (χ2v) is 6.64. The number of hydrogen-bond donors (Lipinski definition) is 2. The maximum atomic E-state index is 13.2. The molecule has 1 heterocycles. The van der Waals surface area contributed by atoms with E-state index in [2.05, 4.69) is 41.5 Å². The normalized spacial score (nSPS) is 11.2. The van der Waals surface area contributed by atoms with Crippen molar-refractivity contribution >= 4 is 27.7 Å². The van der Waals surface area contributed by atoms with Gasteiger partial charge in [0.2, 0.25) is 5.91 Å². The zero-order valence-corrected chi connectivity index (χ0v) is 14.5. The van der Waals surface area contributed by atoms with E-state index in [4.69, 9.17) is 0 Å². The van der Waals surface area contributed by atoms with Crippen LogP contribution in [0.5, 0.6) is 0 Å². The predicted octanol–water partition coefficient (Wildman–Crippen LogP) is 4.63.